The zero-order valence-corrected chi connectivity index (χ0v) is 13.3. The van der Waals surface area contributed by atoms with E-state index in [9.17, 15) is 18.0 Å². The second-order valence-corrected chi connectivity index (χ2v) is 5.87. The molecule has 1 fully saturated rings. The van der Waals surface area contributed by atoms with Gasteiger partial charge in [-0.1, -0.05) is 12.8 Å². The minimum atomic E-state index is -4.52. The van der Waals surface area contributed by atoms with E-state index in [2.05, 4.69) is 15.3 Å². The molecular formula is C15H21F3N4O. The topological polar surface area (TPSA) is 58.1 Å². The summed E-state index contributed by atoms with van der Waals surface area (Å²) in [6, 6.07) is 0.647. The van der Waals surface area contributed by atoms with Crippen LogP contribution in [0, 0.1) is 6.92 Å². The van der Waals surface area contributed by atoms with Gasteiger partial charge < -0.3 is 5.32 Å². The third-order valence-electron chi connectivity index (χ3n) is 3.93. The Bertz CT molecular complexity index is 562. The predicted molar refractivity (Wildman–Crippen MR) is 78.5 cm³/mol. The summed E-state index contributed by atoms with van der Waals surface area (Å²) >= 11 is 0. The van der Waals surface area contributed by atoms with Gasteiger partial charge in [0, 0.05) is 5.69 Å². The first-order valence-corrected chi connectivity index (χ1v) is 7.67. The van der Waals surface area contributed by atoms with Gasteiger partial charge in [-0.3, -0.25) is 9.69 Å². The van der Waals surface area contributed by atoms with Crippen LogP contribution < -0.4 is 5.32 Å². The maximum absolute atomic E-state index is 12.7. The van der Waals surface area contributed by atoms with E-state index in [1.165, 1.54) is 6.92 Å². The van der Waals surface area contributed by atoms with E-state index in [4.69, 9.17) is 0 Å². The summed E-state index contributed by atoms with van der Waals surface area (Å²) in [5, 5.41) is 2.66. The van der Waals surface area contributed by atoms with Crippen molar-refractivity contribution in [1.82, 2.24) is 20.2 Å². The third-order valence-corrected chi connectivity index (χ3v) is 3.93. The molecule has 1 saturated heterocycles. The smallest absolute Gasteiger partial charge is 0.347 e. The molecule has 128 valence electrons. The number of likely N-dealkylation sites (tertiary alicyclic amines) is 1. The number of carbonyl (C=O) groups is 1. The molecule has 0 aromatic carbocycles. The van der Waals surface area contributed by atoms with Gasteiger partial charge in [-0.25, -0.2) is 9.97 Å². The van der Waals surface area contributed by atoms with Gasteiger partial charge in [-0.2, -0.15) is 13.2 Å². The number of halogens is 3. The number of hydrogen-bond donors (Lipinski definition) is 1. The molecular weight excluding hydrogens is 309 g/mol. The summed E-state index contributed by atoms with van der Waals surface area (Å²) in [5.74, 6) is -0.213. The van der Waals surface area contributed by atoms with Gasteiger partial charge in [0.2, 0.25) is 5.91 Å². The molecule has 0 spiro atoms. The van der Waals surface area contributed by atoms with Gasteiger partial charge in [0.15, 0.2) is 0 Å². The molecule has 0 unspecified atom stereocenters. The number of nitrogens with one attached hydrogen (secondary N) is 1. The van der Waals surface area contributed by atoms with Crippen LogP contribution in [0.4, 0.5) is 13.2 Å². The van der Waals surface area contributed by atoms with Crippen LogP contribution in [-0.2, 0) is 17.5 Å². The average molecular weight is 330 g/mol. The lowest BCUT2D eigenvalue weighted by molar-refractivity contribution is -0.141. The Kier molecular flexibility index (Phi) is 5.56. The number of hydrogen-bond acceptors (Lipinski definition) is 4. The normalized spacial score (nSPS) is 20.1. The minimum absolute atomic E-state index is 0.0260. The van der Waals surface area contributed by atoms with Gasteiger partial charge in [0.1, 0.15) is 11.5 Å². The number of nitrogens with zero attached hydrogens (tertiary/aromatic N) is 3. The van der Waals surface area contributed by atoms with Crippen molar-refractivity contribution in [2.75, 3.05) is 13.6 Å². The fourth-order valence-electron chi connectivity index (χ4n) is 2.72. The molecule has 2 heterocycles. The molecule has 1 aromatic heterocycles. The number of rotatable bonds is 3. The molecule has 0 radical (unpaired) electrons. The van der Waals surface area contributed by atoms with Crippen LogP contribution in [0.3, 0.4) is 0 Å². The number of amides is 1. The maximum Gasteiger partial charge on any atom is 0.433 e. The highest BCUT2D eigenvalue weighted by molar-refractivity contribution is 5.81. The van der Waals surface area contributed by atoms with Crippen molar-refractivity contribution >= 4 is 5.91 Å². The lowest BCUT2D eigenvalue weighted by atomic mass is 10.1. The maximum atomic E-state index is 12.7. The number of aryl methyl sites for hydroxylation is 1. The predicted octanol–water partition coefficient (Wildman–Crippen LogP) is 2.29. The van der Waals surface area contributed by atoms with Gasteiger partial charge in [0.05, 0.1) is 12.6 Å². The molecule has 1 aliphatic rings. The molecule has 1 aromatic rings. The molecule has 8 heteroatoms. The van der Waals surface area contributed by atoms with Crippen molar-refractivity contribution in [3.05, 3.63) is 23.3 Å². The second kappa shape index (κ2) is 7.25. The van der Waals surface area contributed by atoms with Crippen LogP contribution in [0.25, 0.3) is 0 Å². The highest BCUT2D eigenvalue weighted by Gasteiger charge is 2.33. The van der Waals surface area contributed by atoms with E-state index in [0.717, 1.165) is 38.3 Å². The fraction of sp³-hybridized carbons (Fsp3) is 0.667. The van der Waals surface area contributed by atoms with Gasteiger partial charge >= 0.3 is 6.18 Å². The zero-order chi connectivity index (χ0) is 17.0. The van der Waals surface area contributed by atoms with Crippen LogP contribution in [0.5, 0.6) is 0 Å². The summed E-state index contributed by atoms with van der Waals surface area (Å²) in [6.07, 6.45) is -0.652. The summed E-state index contributed by atoms with van der Waals surface area (Å²) < 4.78 is 38.2. The minimum Gasteiger partial charge on any atom is -0.347 e. The van der Waals surface area contributed by atoms with Crippen molar-refractivity contribution in [1.29, 1.82) is 0 Å². The number of likely N-dealkylation sites (N-methyl/N-ethyl adjacent to an activating group) is 1. The van der Waals surface area contributed by atoms with Crippen LogP contribution in [0.15, 0.2) is 6.07 Å². The Morgan fingerprint density at radius 3 is 2.78 bits per heavy atom. The molecule has 23 heavy (non-hydrogen) atoms. The molecule has 1 amide bonds. The van der Waals surface area contributed by atoms with Crippen molar-refractivity contribution in [3.63, 3.8) is 0 Å². The Morgan fingerprint density at radius 2 is 2.09 bits per heavy atom. The number of aromatic nitrogens is 2. The molecule has 1 N–H and O–H groups in total. The number of carbonyl (C=O) groups excluding carboxylic acids is 1. The van der Waals surface area contributed by atoms with Gasteiger partial charge in [0.25, 0.3) is 0 Å². The Balaban J connectivity index is 2.02. The monoisotopic (exact) mass is 330 g/mol. The van der Waals surface area contributed by atoms with E-state index < -0.39 is 11.9 Å². The standard InChI is InChI=1S/C15H21F3N4O/c1-10-8-12(15(16,17)18)21-13(20-10)9-19-14(23)11-6-4-3-5-7-22(11)2/h8,11H,3-7,9H2,1-2H3,(H,19,23)/t11-/m0/s1. The van der Waals surface area contributed by atoms with Crippen molar-refractivity contribution < 1.29 is 18.0 Å². The summed E-state index contributed by atoms with van der Waals surface area (Å²) in [6.45, 7) is 2.21. The van der Waals surface area contributed by atoms with Crippen molar-refractivity contribution in [3.8, 4) is 0 Å². The van der Waals surface area contributed by atoms with Crippen LogP contribution in [0.2, 0.25) is 0 Å². The van der Waals surface area contributed by atoms with E-state index in [1.54, 1.807) is 0 Å². The molecule has 0 saturated carbocycles. The van der Waals surface area contributed by atoms with E-state index in [1.807, 2.05) is 11.9 Å². The molecule has 2 rings (SSSR count). The summed E-state index contributed by atoms with van der Waals surface area (Å²) in [4.78, 5) is 21.7. The first-order valence-electron chi connectivity index (χ1n) is 7.67. The molecule has 1 atom stereocenters. The van der Waals surface area contributed by atoms with Gasteiger partial charge in [-0.15, -0.1) is 0 Å². The Hall–Kier alpha value is -1.70. The first-order chi connectivity index (χ1) is 10.8. The molecule has 0 bridgehead atoms. The van der Waals surface area contributed by atoms with Crippen LogP contribution in [0.1, 0.15) is 42.9 Å². The van der Waals surface area contributed by atoms with Crippen molar-refractivity contribution in [2.45, 2.75) is 51.4 Å². The third kappa shape index (κ3) is 4.89. The second-order valence-electron chi connectivity index (χ2n) is 5.87. The Morgan fingerprint density at radius 1 is 1.35 bits per heavy atom. The van der Waals surface area contributed by atoms with Gasteiger partial charge in [-0.05, 0) is 39.4 Å². The average Bonchev–Trinajstić information content (AvgIpc) is 2.68. The largest absolute Gasteiger partial charge is 0.433 e. The summed E-state index contributed by atoms with van der Waals surface area (Å²) in [7, 11) is 1.89. The summed E-state index contributed by atoms with van der Waals surface area (Å²) in [5.41, 5.74) is -0.760. The number of alkyl halides is 3. The quantitative estimate of drug-likeness (QED) is 0.924. The van der Waals surface area contributed by atoms with E-state index >= 15 is 0 Å². The van der Waals surface area contributed by atoms with E-state index in [-0.39, 0.29) is 30.0 Å². The van der Waals surface area contributed by atoms with Crippen molar-refractivity contribution in [2.24, 2.45) is 0 Å². The SMILES string of the molecule is Cc1cc(C(F)(F)F)nc(CNC(=O)[C@@H]2CCCCCN2C)n1. The lowest BCUT2D eigenvalue weighted by Gasteiger charge is -2.24. The van der Waals surface area contributed by atoms with Crippen LogP contribution >= 0.6 is 0 Å². The first kappa shape index (κ1) is 17.7. The fourth-order valence-corrected chi connectivity index (χ4v) is 2.72. The highest BCUT2D eigenvalue weighted by Crippen LogP contribution is 2.27. The Labute approximate surface area is 133 Å². The van der Waals surface area contributed by atoms with Crippen LogP contribution in [-0.4, -0.2) is 40.4 Å². The zero-order valence-electron chi connectivity index (χ0n) is 13.3. The molecule has 1 aliphatic heterocycles. The highest BCUT2D eigenvalue weighted by atomic mass is 19.4. The lowest BCUT2D eigenvalue weighted by Crippen LogP contribution is -2.44. The molecule has 5 nitrogen and oxygen atoms in total. The van der Waals surface area contributed by atoms with E-state index in [0.29, 0.717) is 0 Å². The molecule has 0 aliphatic carbocycles.